The van der Waals surface area contributed by atoms with Gasteiger partial charge in [0.05, 0.1) is 0 Å². The van der Waals surface area contributed by atoms with Gasteiger partial charge in [-0.25, -0.2) is 0 Å². The van der Waals surface area contributed by atoms with E-state index in [2.05, 4.69) is 255 Å². The molecule has 2 heterocycles. The van der Waals surface area contributed by atoms with Gasteiger partial charge >= 0.3 is 0 Å². The second-order valence-corrected chi connectivity index (χ2v) is 18.9. The molecule has 334 valence electrons. The lowest BCUT2D eigenvalue weighted by atomic mass is 9.83. The first-order valence-corrected chi connectivity index (χ1v) is 24.7. The van der Waals surface area contributed by atoms with E-state index >= 15 is 0 Å². The summed E-state index contributed by atoms with van der Waals surface area (Å²) in [5, 5.41) is 14.2. The van der Waals surface area contributed by atoms with Crippen molar-refractivity contribution in [3.63, 3.8) is 0 Å². The Kier molecular flexibility index (Phi) is 8.99. The molecule has 0 aliphatic rings. The molecule has 0 unspecified atom stereocenters. The van der Waals surface area contributed by atoms with Crippen LogP contribution in [0.25, 0.3) is 154 Å². The molecule has 72 heavy (non-hydrogen) atoms. The molecule has 15 aromatic rings. The fraction of sp³-hybridized carbons (Fsp3) is 0. The summed E-state index contributed by atoms with van der Waals surface area (Å²) >= 11 is 0. The Morgan fingerprint density at radius 1 is 0.181 bits per heavy atom. The summed E-state index contributed by atoms with van der Waals surface area (Å²) in [6.45, 7) is 0. The molecule has 0 atom stereocenters. The highest BCUT2D eigenvalue weighted by atomic mass is 16.3. The van der Waals surface area contributed by atoms with Crippen LogP contribution in [-0.4, -0.2) is 0 Å². The number of rotatable bonds is 6. The maximum atomic E-state index is 6.98. The van der Waals surface area contributed by atoms with Crippen LogP contribution in [0.1, 0.15) is 0 Å². The summed E-state index contributed by atoms with van der Waals surface area (Å²) in [6.07, 6.45) is 0. The molecule has 13 aromatic carbocycles. The van der Waals surface area contributed by atoms with E-state index in [9.17, 15) is 0 Å². The highest BCUT2D eigenvalue weighted by Gasteiger charge is 2.25. The van der Waals surface area contributed by atoms with Gasteiger partial charge in [-0.05, 0) is 123 Å². The zero-order valence-corrected chi connectivity index (χ0v) is 39.1. The smallest absolute Gasteiger partial charge is 0.143 e. The predicted molar refractivity (Wildman–Crippen MR) is 304 cm³/mol. The average molecular weight is 915 g/mol. The summed E-state index contributed by atoms with van der Waals surface area (Å²) in [7, 11) is 0. The van der Waals surface area contributed by atoms with Crippen LogP contribution in [0.5, 0.6) is 0 Å². The molecule has 2 aromatic heterocycles. The highest BCUT2D eigenvalue weighted by Crippen LogP contribution is 2.51. The van der Waals surface area contributed by atoms with Gasteiger partial charge in [0, 0.05) is 32.7 Å². The lowest BCUT2D eigenvalue weighted by Gasteiger charge is -2.19. The third-order valence-corrected chi connectivity index (χ3v) is 15.1. The van der Waals surface area contributed by atoms with Crippen LogP contribution in [0.3, 0.4) is 0 Å². The largest absolute Gasteiger partial charge is 0.455 e. The van der Waals surface area contributed by atoms with Crippen molar-refractivity contribution in [3.8, 4) is 66.8 Å². The maximum absolute atomic E-state index is 6.98. The standard InChI is InChI=1S/C70H42O2/c1-3-19-43(20-4-1)47-39-41-59(67-57-31-15-17-33-61(57)71-69(47)67)66-55-29-13-9-25-51(55)64(52-26-10-14-30-56(52)66)46-37-35-44(36-38-46)48-40-42-60(68-58-32-16-18-34-62(58)72-70(48)68)65-53-27-11-7-23-49(53)63(45-21-5-2-6-22-45)50-24-8-12-28-54(50)65/h1-42H. The van der Waals surface area contributed by atoms with Crippen molar-refractivity contribution >= 4 is 87.0 Å². The molecule has 0 radical (unpaired) electrons. The summed E-state index contributed by atoms with van der Waals surface area (Å²) in [4.78, 5) is 0. The zero-order valence-electron chi connectivity index (χ0n) is 39.1. The van der Waals surface area contributed by atoms with Crippen molar-refractivity contribution in [3.05, 3.63) is 255 Å². The van der Waals surface area contributed by atoms with E-state index in [0.29, 0.717) is 0 Å². The molecule has 0 amide bonds. The Bertz CT molecular complexity index is 4540. The second kappa shape index (κ2) is 16.0. The Hall–Kier alpha value is -9.50. The number of para-hydroxylation sites is 2. The monoisotopic (exact) mass is 914 g/mol. The van der Waals surface area contributed by atoms with Crippen LogP contribution in [0.2, 0.25) is 0 Å². The van der Waals surface area contributed by atoms with E-state index in [-0.39, 0.29) is 0 Å². The third-order valence-electron chi connectivity index (χ3n) is 15.1. The van der Waals surface area contributed by atoms with Crippen LogP contribution < -0.4 is 0 Å². The number of furan rings is 2. The normalized spacial score (nSPS) is 11.9. The minimum absolute atomic E-state index is 0.876. The van der Waals surface area contributed by atoms with Gasteiger partial charge in [-0.2, -0.15) is 0 Å². The first kappa shape index (κ1) is 40.4. The van der Waals surface area contributed by atoms with E-state index < -0.39 is 0 Å². The van der Waals surface area contributed by atoms with E-state index in [0.717, 1.165) is 82.8 Å². The fourth-order valence-corrected chi connectivity index (χ4v) is 12.0. The molecule has 0 aliphatic heterocycles. The van der Waals surface area contributed by atoms with Crippen molar-refractivity contribution in [1.29, 1.82) is 0 Å². The van der Waals surface area contributed by atoms with E-state index in [1.165, 1.54) is 70.9 Å². The summed E-state index contributed by atoms with van der Waals surface area (Å²) in [5.41, 5.74) is 17.5. The van der Waals surface area contributed by atoms with Gasteiger partial charge in [-0.3, -0.25) is 0 Å². The van der Waals surface area contributed by atoms with Gasteiger partial charge < -0.3 is 8.83 Å². The van der Waals surface area contributed by atoms with Gasteiger partial charge in [0.25, 0.3) is 0 Å². The molecule has 15 rings (SSSR count). The quantitative estimate of drug-likeness (QED) is 0.155. The average Bonchev–Trinajstić information content (AvgIpc) is 4.04. The zero-order chi connectivity index (χ0) is 47.3. The van der Waals surface area contributed by atoms with Crippen molar-refractivity contribution in [2.75, 3.05) is 0 Å². The van der Waals surface area contributed by atoms with Gasteiger partial charge in [0.1, 0.15) is 22.3 Å². The molecular formula is C70H42O2. The van der Waals surface area contributed by atoms with Crippen molar-refractivity contribution in [2.45, 2.75) is 0 Å². The molecule has 0 N–H and O–H groups in total. The third kappa shape index (κ3) is 6.03. The fourth-order valence-electron chi connectivity index (χ4n) is 12.0. The number of hydrogen-bond acceptors (Lipinski definition) is 2. The highest BCUT2D eigenvalue weighted by molar-refractivity contribution is 6.28. The molecule has 2 nitrogen and oxygen atoms in total. The van der Waals surface area contributed by atoms with Crippen LogP contribution in [0.4, 0.5) is 0 Å². The van der Waals surface area contributed by atoms with Gasteiger partial charge in [0.2, 0.25) is 0 Å². The molecule has 0 aliphatic carbocycles. The van der Waals surface area contributed by atoms with E-state index in [1.54, 1.807) is 0 Å². The number of benzene rings is 13. The lowest BCUT2D eigenvalue weighted by molar-refractivity contribution is 0.669. The molecule has 0 saturated carbocycles. The topological polar surface area (TPSA) is 26.3 Å². The van der Waals surface area contributed by atoms with E-state index in [1.807, 2.05) is 0 Å². The Balaban J connectivity index is 0.919. The summed E-state index contributed by atoms with van der Waals surface area (Å²) in [5.74, 6) is 0. The Labute approximate surface area is 415 Å². The molecule has 2 heteroatoms. The van der Waals surface area contributed by atoms with Gasteiger partial charge in [-0.15, -0.1) is 0 Å². The number of hydrogen-bond donors (Lipinski definition) is 0. The van der Waals surface area contributed by atoms with Crippen LogP contribution in [-0.2, 0) is 0 Å². The second-order valence-electron chi connectivity index (χ2n) is 18.9. The molecular weight excluding hydrogens is 873 g/mol. The first-order chi connectivity index (χ1) is 35.8. The molecule has 0 saturated heterocycles. The minimum Gasteiger partial charge on any atom is -0.455 e. The van der Waals surface area contributed by atoms with Crippen LogP contribution in [0.15, 0.2) is 264 Å². The van der Waals surface area contributed by atoms with Crippen molar-refractivity contribution in [2.24, 2.45) is 0 Å². The minimum atomic E-state index is 0.876. The van der Waals surface area contributed by atoms with E-state index in [4.69, 9.17) is 8.83 Å². The molecule has 0 fully saturated rings. The first-order valence-electron chi connectivity index (χ1n) is 24.7. The van der Waals surface area contributed by atoms with Crippen molar-refractivity contribution < 1.29 is 8.83 Å². The summed E-state index contributed by atoms with van der Waals surface area (Å²) in [6, 6.07) is 92.2. The Morgan fingerprint density at radius 3 is 0.833 bits per heavy atom. The number of fused-ring (bicyclic) bond motifs is 10. The Morgan fingerprint density at radius 2 is 0.444 bits per heavy atom. The summed E-state index contributed by atoms with van der Waals surface area (Å²) < 4.78 is 13.8. The van der Waals surface area contributed by atoms with Gasteiger partial charge in [-0.1, -0.05) is 231 Å². The molecule has 0 bridgehead atoms. The SMILES string of the molecule is c1ccc(-c2c3ccccc3c(-c3ccc(-c4ccc(-c5c6ccccc6c(-c6ccc(-c7ccccc7)c7oc8ccccc8c67)c6ccccc56)cc4)c4oc5ccccc5c34)c3ccccc23)cc1. The maximum Gasteiger partial charge on any atom is 0.143 e. The van der Waals surface area contributed by atoms with Crippen LogP contribution >= 0.6 is 0 Å². The van der Waals surface area contributed by atoms with Crippen molar-refractivity contribution in [1.82, 2.24) is 0 Å². The molecule has 0 spiro atoms. The van der Waals surface area contributed by atoms with Crippen LogP contribution in [0, 0.1) is 0 Å². The lowest BCUT2D eigenvalue weighted by Crippen LogP contribution is -1.92. The van der Waals surface area contributed by atoms with Gasteiger partial charge in [0.15, 0.2) is 0 Å². The predicted octanol–water partition coefficient (Wildman–Crippen LogP) is 20.1.